The van der Waals surface area contributed by atoms with Crippen LogP contribution in [-0.2, 0) is 6.54 Å². The van der Waals surface area contributed by atoms with Crippen LogP contribution >= 0.6 is 11.3 Å². The van der Waals surface area contributed by atoms with Gasteiger partial charge in [0.25, 0.3) is 0 Å². The predicted molar refractivity (Wildman–Crippen MR) is 91.1 cm³/mol. The number of aryl methyl sites for hydroxylation is 1. The van der Waals surface area contributed by atoms with Crippen LogP contribution in [0.2, 0.25) is 0 Å². The van der Waals surface area contributed by atoms with Gasteiger partial charge in [-0.2, -0.15) is 4.57 Å². The number of benzene rings is 2. The first-order chi connectivity index (χ1) is 10.4. The molecular weight excluding hydrogens is 274 g/mol. The molecule has 0 fully saturated rings. The van der Waals surface area contributed by atoms with Gasteiger partial charge in [-0.05, 0) is 18.2 Å². The first kappa shape index (κ1) is 12.8. The van der Waals surface area contributed by atoms with Crippen LogP contribution in [0.25, 0.3) is 32.2 Å². The lowest BCUT2D eigenvalue weighted by molar-refractivity contribution is -0.657. The number of hydrogen-bond donors (Lipinski definition) is 0. The molecule has 0 saturated heterocycles. The number of hydrogen-bond acceptors (Lipinski definition) is 1. The Morgan fingerprint density at radius 1 is 0.952 bits per heavy atom. The average molecular weight is 292 g/mol. The van der Waals surface area contributed by atoms with Gasteiger partial charge >= 0.3 is 0 Å². The molecule has 2 heteroatoms. The number of aromatic nitrogens is 1. The summed E-state index contributed by atoms with van der Waals surface area (Å²) in [6, 6.07) is 17.6. The van der Waals surface area contributed by atoms with Gasteiger partial charge in [0.2, 0.25) is 11.2 Å². The fourth-order valence-electron chi connectivity index (χ4n) is 3.18. The summed E-state index contributed by atoms with van der Waals surface area (Å²) in [6.07, 6.45) is 2.45. The molecular formula is C19H18NS+. The summed E-state index contributed by atoms with van der Waals surface area (Å²) in [6.45, 7) is 3.35. The van der Waals surface area contributed by atoms with E-state index in [0.29, 0.717) is 0 Å². The maximum atomic E-state index is 2.52. The lowest BCUT2D eigenvalue weighted by Crippen LogP contribution is -2.34. The van der Waals surface area contributed by atoms with Crippen LogP contribution in [0.1, 0.15) is 19.8 Å². The number of para-hydroxylation sites is 1. The Bertz CT molecular complexity index is 891. The summed E-state index contributed by atoms with van der Waals surface area (Å²) in [4.78, 5) is 0. The largest absolute Gasteiger partial charge is 0.223 e. The molecule has 0 bridgehead atoms. The van der Waals surface area contributed by atoms with Gasteiger partial charge in [0.15, 0.2) is 0 Å². The summed E-state index contributed by atoms with van der Waals surface area (Å²) in [7, 11) is 0. The van der Waals surface area contributed by atoms with Crippen molar-refractivity contribution in [2.45, 2.75) is 26.3 Å². The summed E-state index contributed by atoms with van der Waals surface area (Å²) in [5, 5.41) is 5.08. The average Bonchev–Trinajstić information content (AvgIpc) is 2.87. The van der Waals surface area contributed by atoms with Crippen LogP contribution < -0.4 is 4.57 Å². The molecule has 1 nitrogen and oxygen atoms in total. The second-order valence-electron chi connectivity index (χ2n) is 5.52. The van der Waals surface area contributed by atoms with E-state index in [0.717, 1.165) is 6.54 Å². The van der Waals surface area contributed by atoms with E-state index in [4.69, 9.17) is 0 Å². The second kappa shape index (κ2) is 5.12. The molecule has 0 aromatic heterocycles. The molecule has 2 aromatic carbocycles. The highest BCUT2D eigenvalue weighted by Crippen LogP contribution is 2.37. The first-order valence-electron chi connectivity index (χ1n) is 7.60. The minimum absolute atomic E-state index is 1.10. The maximum absolute atomic E-state index is 2.52. The third-order valence-corrected chi connectivity index (χ3v) is 5.15. The Labute approximate surface area is 128 Å². The predicted octanol–water partition coefficient (Wildman–Crippen LogP) is 5.25. The van der Waals surface area contributed by atoms with Gasteiger partial charge in [-0.3, -0.25) is 0 Å². The van der Waals surface area contributed by atoms with Gasteiger partial charge in [0.05, 0.1) is 16.3 Å². The monoisotopic (exact) mass is 292 g/mol. The zero-order valence-corrected chi connectivity index (χ0v) is 13.0. The minimum Gasteiger partial charge on any atom is -0.191 e. The summed E-state index contributed by atoms with van der Waals surface area (Å²) < 4.78 is 3.88. The van der Waals surface area contributed by atoms with Crippen LogP contribution in [0.4, 0.5) is 0 Å². The third-order valence-electron chi connectivity index (χ3n) is 4.19. The lowest BCUT2D eigenvalue weighted by Gasteiger charge is -2.03. The fraction of sp³-hybridized carbons (Fsp3) is 0.211. The summed E-state index contributed by atoms with van der Waals surface area (Å²) >= 11 is 1.85. The smallest absolute Gasteiger partial charge is 0.191 e. The zero-order chi connectivity index (χ0) is 14.2. The van der Waals surface area contributed by atoms with Gasteiger partial charge in [-0.15, -0.1) is 11.3 Å². The van der Waals surface area contributed by atoms with Crippen LogP contribution in [0.3, 0.4) is 0 Å². The van der Waals surface area contributed by atoms with Crippen LogP contribution in [0.15, 0.2) is 53.9 Å². The van der Waals surface area contributed by atoms with E-state index < -0.39 is 0 Å². The topological polar surface area (TPSA) is 3.88 Å². The van der Waals surface area contributed by atoms with E-state index in [1.807, 2.05) is 11.3 Å². The SMILES string of the molecule is CCCC[n+]1c2c3ccccc3scc-2c2ccccc21. The van der Waals surface area contributed by atoms with Crippen LogP contribution in [-0.4, -0.2) is 0 Å². The van der Waals surface area contributed by atoms with E-state index in [1.165, 1.54) is 45.1 Å². The molecule has 2 aliphatic rings. The molecule has 2 aromatic rings. The Hall–Kier alpha value is -1.93. The molecule has 2 heterocycles. The third kappa shape index (κ3) is 1.94. The number of fused-ring (bicyclic) bond motifs is 5. The Morgan fingerprint density at radius 2 is 1.71 bits per heavy atom. The zero-order valence-electron chi connectivity index (χ0n) is 12.2. The first-order valence-corrected chi connectivity index (χ1v) is 8.48. The Morgan fingerprint density at radius 3 is 2.57 bits per heavy atom. The fourth-order valence-corrected chi connectivity index (χ4v) is 4.11. The standard InChI is InChI=1S/C19H18NS/c1-2-3-12-20-17-10-6-4-8-14(17)16-13-21-18-11-7-5-9-15(18)19(16)20/h4-11,13H,2-3,12H2,1H3/q+1. The van der Waals surface area contributed by atoms with Crippen LogP contribution in [0.5, 0.6) is 0 Å². The Kier molecular flexibility index (Phi) is 3.12. The van der Waals surface area contributed by atoms with Crippen molar-refractivity contribution < 1.29 is 4.57 Å². The highest BCUT2D eigenvalue weighted by Gasteiger charge is 2.27. The van der Waals surface area contributed by atoms with Gasteiger partial charge in [-0.1, -0.05) is 37.6 Å². The molecule has 0 saturated carbocycles. The number of nitrogens with zero attached hydrogens (tertiary/aromatic N) is 1. The van der Waals surface area contributed by atoms with E-state index in [2.05, 4.69) is 65.4 Å². The van der Waals surface area contributed by atoms with Crippen molar-refractivity contribution in [2.75, 3.05) is 0 Å². The van der Waals surface area contributed by atoms with E-state index in [9.17, 15) is 0 Å². The molecule has 0 atom stereocenters. The maximum Gasteiger partial charge on any atom is 0.223 e. The molecule has 2 aliphatic heterocycles. The van der Waals surface area contributed by atoms with Gasteiger partial charge in [0, 0.05) is 22.6 Å². The summed E-state index contributed by atoms with van der Waals surface area (Å²) in [5.41, 5.74) is 4.16. The Balaban J connectivity index is 2.15. The molecule has 0 amide bonds. The van der Waals surface area contributed by atoms with E-state index in [1.54, 1.807) is 0 Å². The molecule has 21 heavy (non-hydrogen) atoms. The normalized spacial score (nSPS) is 11.7. The minimum atomic E-state index is 1.10. The molecule has 0 N–H and O–H groups in total. The highest BCUT2D eigenvalue weighted by molar-refractivity contribution is 7.17. The van der Waals surface area contributed by atoms with Crippen molar-refractivity contribution in [1.29, 1.82) is 0 Å². The summed E-state index contributed by atoms with van der Waals surface area (Å²) in [5.74, 6) is 0. The molecule has 4 rings (SSSR count). The molecule has 0 spiro atoms. The van der Waals surface area contributed by atoms with Crippen molar-refractivity contribution in [3.63, 3.8) is 0 Å². The number of rotatable bonds is 3. The van der Waals surface area contributed by atoms with Crippen molar-refractivity contribution >= 4 is 32.3 Å². The van der Waals surface area contributed by atoms with Crippen molar-refractivity contribution in [3.05, 3.63) is 53.9 Å². The molecule has 0 radical (unpaired) electrons. The van der Waals surface area contributed by atoms with Crippen molar-refractivity contribution in [1.82, 2.24) is 0 Å². The van der Waals surface area contributed by atoms with E-state index in [-0.39, 0.29) is 0 Å². The van der Waals surface area contributed by atoms with Crippen LogP contribution in [0, 0.1) is 0 Å². The van der Waals surface area contributed by atoms with Gasteiger partial charge in [0.1, 0.15) is 6.54 Å². The quantitative estimate of drug-likeness (QED) is 0.454. The lowest BCUT2D eigenvalue weighted by atomic mass is 10.1. The highest BCUT2D eigenvalue weighted by atomic mass is 32.1. The molecule has 0 aliphatic carbocycles. The van der Waals surface area contributed by atoms with Gasteiger partial charge < -0.3 is 0 Å². The number of unbranched alkanes of at least 4 members (excludes halogenated alkanes) is 1. The van der Waals surface area contributed by atoms with Crippen molar-refractivity contribution in [2.24, 2.45) is 0 Å². The molecule has 0 unspecified atom stereocenters. The van der Waals surface area contributed by atoms with Crippen molar-refractivity contribution in [3.8, 4) is 11.3 Å². The molecule has 104 valence electrons. The van der Waals surface area contributed by atoms with Gasteiger partial charge in [-0.25, -0.2) is 0 Å². The van der Waals surface area contributed by atoms with E-state index >= 15 is 0 Å². The second-order valence-corrected chi connectivity index (χ2v) is 6.43.